The molecule has 1 aliphatic rings. The summed E-state index contributed by atoms with van der Waals surface area (Å²) in [7, 11) is 0. The van der Waals surface area contributed by atoms with Crippen LogP contribution in [0.2, 0.25) is 0 Å². The molecule has 3 N–H and O–H groups in total. The fraction of sp³-hybridized carbons (Fsp3) is 0.636. The second kappa shape index (κ2) is 5.29. The van der Waals surface area contributed by atoms with Crippen molar-refractivity contribution in [3.63, 3.8) is 0 Å². The van der Waals surface area contributed by atoms with E-state index in [0.717, 1.165) is 0 Å². The van der Waals surface area contributed by atoms with Gasteiger partial charge in [-0.25, -0.2) is 4.79 Å². The van der Waals surface area contributed by atoms with Crippen LogP contribution in [0.5, 0.6) is 0 Å². The van der Waals surface area contributed by atoms with Gasteiger partial charge in [0.1, 0.15) is 0 Å². The maximum atomic E-state index is 11.7. The molecule has 1 aromatic rings. The number of nitrogens with zero attached hydrogens (tertiary/aromatic N) is 1. The zero-order chi connectivity index (χ0) is 13.3. The predicted molar refractivity (Wildman–Crippen MR) is 68.8 cm³/mol. The number of hydrogen-bond donors (Lipinski definition) is 3. The molecule has 0 spiro atoms. The van der Waals surface area contributed by atoms with Gasteiger partial charge in [-0.2, -0.15) is 0 Å². The number of aromatic nitrogens is 2. The summed E-state index contributed by atoms with van der Waals surface area (Å²) < 4.78 is 1.43. The van der Waals surface area contributed by atoms with Gasteiger partial charge in [0.05, 0.1) is 23.3 Å². The Morgan fingerprint density at radius 3 is 2.83 bits per heavy atom. The van der Waals surface area contributed by atoms with Crippen molar-refractivity contribution in [2.75, 3.05) is 6.61 Å². The van der Waals surface area contributed by atoms with Gasteiger partial charge < -0.3 is 10.2 Å². The molecule has 2 heterocycles. The van der Waals surface area contributed by atoms with Crippen LogP contribution in [0.3, 0.4) is 0 Å². The van der Waals surface area contributed by atoms with E-state index in [1.54, 1.807) is 6.20 Å². The number of hydrogen-bond acceptors (Lipinski definition) is 5. The highest BCUT2D eigenvalue weighted by molar-refractivity contribution is 8.00. The van der Waals surface area contributed by atoms with Gasteiger partial charge in [0.2, 0.25) is 0 Å². The molecule has 0 aliphatic carbocycles. The maximum absolute atomic E-state index is 11.7. The number of H-pyrrole nitrogens is 1. The van der Waals surface area contributed by atoms with Crippen molar-refractivity contribution in [2.24, 2.45) is 0 Å². The molecule has 7 heteroatoms. The molecular weight excluding hydrogens is 256 g/mol. The molecule has 1 fully saturated rings. The summed E-state index contributed by atoms with van der Waals surface area (Å²) in [5, 5.41) is 18.3. The third kappa shape index (κ3) is 2.38. The monoisotopic (exact) mass is 272 g/mol. The minimum absolute atomic E-state index is 0.124. The molecule has 3 atom stereocenters. The van der Waals surface area contributed by atoms with Gasteiger partial charge in [-0.15, -0.1) is 11.8 Å². The Labute approximate surface area is 108 Å². The van der Waals surface area contributed by atoms with Gasteiger partial charge in [-0.05, 0) is 6.42 Å². The van der Waals surface area contributed by atoms with Crippen molar-refractivity contribution in [3.8, 4) is 0 Å². The molecule has 1 aliphatic heterocycles. The predicted octanol–water partition coefficient (Wildman–Crippen LogP) is -0.544. The number of aliphatic hydroxyl groups is 2. The minimum atomic E-state index is -0.631. The van der Waals surface area contributed by atoms with Crippen LogP contribution in [0.25, 0.3) is 0 Å². The van der Waals surface area contributed by atoms with Crippen LogP contribution in [-0.2, 0) is 6.42 Å². The molecule has 18 heavy (non-hydrogen) atoms. The van der Waals surface area contributed by atoms with Gasteiger partial charge in [0.15, 0.2) is 0 Å². The lowest BCUT2D eigenvalue weighted by molar-refractivity contribution is 0.137. The Balaban J connectivity index is 2.35. The van der Waals surface area contributed by atoms with Crippen molar-refractivity contribution in [1.82, 2.24) is 9.55 Å². The first kappa shape index (κ1) is 13.4. The maximum Gasteiger partial charge on any atom is 0.329 e. The van der Waals surface area contributed by atoms with Crippen LogP contribution in [-0.4, -0.2) is 37.7 Å². The summed E-state index contributed by atoms with van der Waals surface area (Å²) in [6.07, 6.45) is 1.85. The first-order valence-electron chi connectivity index (χ1n) is 5.85. The molecule has 1 aromatic heterocycles. The van der Waals surface area contributed by atoms with E-state index in [9.17, 15) is 14.7 Å². The number of thioether (sulfide) groups is 1. The summed E-state index contributed by atoms with van der Waals surface area (Å²) in [5.41, 5.74) is -0.293. The van der Waals surface area contributed by atoms with E-state index in [4.69, 9.17) is 5.11 Å². The smallest absolute Gasteiger partial charge is 0.329 e. The van der Waals surface area contributed by atoms with E-state index < -0.39 is 11.8 Å². The fourth-order valence-electron chi connectivity index (χ4n) is 2.04. The van der Waals surface area contributed by atoms with Gasteiger partial charge in [-0.3, -0.25) is 14.3 Å². The number of aromatic amines is 1. The van der Waals surface area contributed by atoms with Crippen molar-refractivity contribution < 1.29 is 10.2 Å². The largest absolute Gasteiger partial charge is 0.395 e. The number of nitrogens with one attached hydrogen (secondary N) is 1. The van der Waals surface area contributed by atoms with Crippen LogP contribution in [0.15, 0.2) is 15.8 Å². The van der Waals surface area contributed by atoms with Crippen molar-refractivity contribution >= 4 is 11.8 Å². The Kier molecular flexibility index (Phi) is 3.94. The molecule has 6 nitrogen and oxygen atoms in total. The number of aliphatic hydroxyl groups excluding tert-OH is 2. The van der Waals surface area contributed by atoms with Crippen LogP contribution >= 0.6 is 11.8 Å². The van der Waals surface area contributed by atoms with Crippen LogP contribution in [0.4, 0.5) is 0 Å². The summed E-state index contributed by atoms with van der Waals surface area (Å²) in [6.45, 7) is 1.72. The van der Waals surface area contributed by atoms with Gasteiger partial charge in [0, 0.05) is 18.2 Å². The first-order chi connectivity index (χ1) is 8.56. The second-order valence-corrected chi connectivity index (χ2v) is 5.71. The van der Waals surface area contributed by atoms with Crippen LogP contribution in [0.1, 0.15) is 24.3 Å². The molecule has 1 saturated heterocycles. The molecule has 0 aromatic carbocycles. The van der Waals surface area contributed by atoms with Gasteiger partial charge in [-0.1, -0.05) is 6.92 Å². The Morgan fingerprint density at radius 2 is 2.28 bits per heavy atom. The van der Waals surface area contributed by atoms with E-state index in [1.165, 1.54) is 16.3 Å². The summed E-state index contributed by atoms with van der Waals surface area (Å²) >= 11 is 1.35. The minimum Gasteiger partial charge on any atom is -0.395 e. The summed E-state index contributed by atoms with van der Waals surface area (Å²) in [5.74, 6) is 0. The topological polar surface area (TPSA) is 95.3 Å². The summed E-state index contributed by atoms with van der Waals surface area (Å²) in [6, 6.07) is 0. The van der Waals surface area contributed by atoms with E-state index in [1.807, 2.05) is 6.92 Å². The van der Waals surface area contributed by atoms with E-state index in [0.29, 0.717) is 18.4 Å². The number of aryl methyl sites for hydroxylation is 1. The second-order valence-electron chi connectivity index (χ2n) is 4.29. The Morgan fingerprint density at radius 1 is 1.56 bits per heavy atom. The summed E-state index contributed by atoms with van der Waals surface area (Å²) in [4.78, 5) is 25.5. The lowest BCUT2D eigenvalue weighted by atomic mass is 10.2. The highest BCUT2D eigenvalue weighted by Crippen LogP contribution is 2.40. The molecule has 0 amide bonds. The molecular formula is C11H16N2O4S. The average Bonchev–Trinajstić information content (AvgIpc) is 2.70. The molecule has 0 saturated carbocycles. The van der Waals surface area contributed by atoms with E-state index in [-0.39, 0.29) is 22.8 Å². The van der Waals surface area contributed by atoms with Crippen molar-refractivity contribution in [3.05, 3.63) is 32.6 Å². The third-order valence-electron chi connectivity index (χ3n) is 3.12. The zero-order valence-electron chi connectivity index (χ0n) is 10.00. The third-order valence-corrected chi connectivity index (χ3v) is 4.66. The normalized spacial score (nSPS) is 27.6. The zero-order valence-corrected chi connectivity index (χ0v) is 10.8. The van der Waals surface area contributed by atoms with Gasteiger partial charge in [0.25, 0.3) is 5.56 Å². The van der Waals surface area contributed by atoms with Crippen molar-refractivity contribution in [2.45, 2.75) is 36.5 Å². The molecule has 0 unspecified atom stereocenters. The lowest BCUT2D eigenvalue weighted by Gasteiger charge is -2.13. The van der Waals surface area contributed by atoms with Crippen LogP contribution in [0, 0.1) is 0 Å². The SMILES string of the molecule is CCc1cn([C@@H]2C[C@H](O)[C@@H](CO)S2)c(=O)[nH]c1=O. The van der Waals surface area contributed by atoms with Gasteiger partial charge >= 0.3 is 5.69 Å². The van der Waals surface area contributed by atoms with Crippen molar-refractivity contribution in [1.29, 1.82) is 0 Å². The van der Waals surface area contributed by atoms with E-state index >= 15 is 0 Å². The Hall–Kier alpha value is -1.05. The highest BCUT2D eigenvalue weighted by Gasteiger charge is 2.34. The fourth-order valence-corrected chi connectivity index (χ4v) is 3.42. The molecule has 0 radical (unpaired) electrons. The lowest BCUT2D eigenvalue weighted by Crippen LogP contribution is -2.32. The first-order valence-corrected chi connectivity index (χ1v) is 6.79. The van der Waals surface area contributed by atoms with E-state index in [2.05, 4.69) is 4.98 Å². The highest BCUT2D eigenvalue weighted by atomic mass is 32.2. The Bertz CT molecular complexity index is 539. The standard InChI is InChI=1S/C11H16N2O4S/c1-2-6-4-13(11(17)12-10(6)16)9-3-7(15)8(5-14)18-9/h4,7-9,14-15H,2-3,5H2,1H3,(H,12,16,17)/t7-,8+,9-/m0/s1. The average molecular weight is 272 g/mol. The number of rotatable bonds is 3. The molecule has 2 rings (SSSR count). The quantitative estimate of drug-likeness (QED) is 0.686. The molecule has 0 bridgehead atoms. The van der Waals surface area contributed by atoms with Crippen LogP contribution < -0.4 is 11.2 Å². The molecule has 100 valence electrons.